The van der Waals surface area contributed by atoms with Crippen LogP contribution in [0.25, 0.3) is 0 Å². The minimum atomic E-state index is -1.36. The van der Waals surface area contributed by atoms with Gasteiger partial charge in [0.1, 0.15) is 5.75 Å². The van der Waals surface area contributed by atoms with Gasteiger partial charge in [-0.2, -0.15) is 0 Å². The number of rotatable bonds is 4. The average molecular weight is 285 g/mol. The van der Waals surface area contributed by atoms with Crippen LogP contribution in [-0.2, 0) is 22.4 Å². The fourth-order valence-corrected chi connectivity index (χ4v) is 2.85. The summed E-state index contributed by atoms with van der Waals surface area (Å²) in [5.41, 5.74) is 2.51. The number of aliphatic hydroxyl groups excluding tert-OH is 1. The number of benzene rings is 1. The predicted molar refractivity (Wildman–Crippen MR) is 71.6 cm³/mol. The zero-order chi connectivity index (χ0) is 14.0. The third-order valence-corrected chi connectivity index (χ3v) is 3.73. The van der Waals surface area contributed by atoms with E-state index < -0.39 is 12.1 Å². The van der Waals surface area contributed by atoms with Crippen molar-refractivity contribution in [3.05, 3.63) is 27.8 Å². The molecule has 0 aliphatic heterocycles. The number of hydrogen-bond donors (Lipinski definition) is 1. The number of halogens is 1. The molecule has 0 heterocycles. The first-order valence-corrected chi connectivity index (χ1v) is 6.70. The molecule has 104 valence electrons. The van der Waals surface area contributed by atoms with Gasteiger partial charge in [0.2, 0.25) is 0 Å². The van der Waals surface area contributed by atoms with Crippen LogP contribution in [-0.4, -0.2) is 24.8 Å². The van der Waals surface area contributed by atoms with Gasteiger partial charge in [-0.1, -0.05) is 11.6 Å². The summed E-state index contributed by atoms with van der Waals surface area (Å²) in [7, 11) is 1.48. The van der Waals surface area contributed by atoms with E-state index >= 15 is 0 Å². The van der Waals surface area contributed by atoms with E-state index in [0.29, 0.717) is 16.3 Å². The van der Waals surface area contributed by atoms with Gasteiger partial charge < -0.3 is 14.6 Å². The van der Waals surface area contributed by atoms with Gasteiger partial charge in [0, 0.05) is 5.56 Å². The molecule has 4 nitrogen and oxygen atoms in total. The average Bonchev–Trinajstić information content (AvgIpc) is 2.86. The SMILES string of the molecule is CCOC(=O)C(O)c1cc2c(c(Cl)c1OC)CCC2. The van der Waals surface area contributed by atoms with E-state index in [1.165, 1.54) is 7.11 Å². The largest absolute Gasteiger partial charge is 0.495 e. The van der Waals surface area contributed by atoms with Crippen molar-refractivity contribution < 1.29 is 19.4 Å². The van der Waals surface area contributed by atoms with Crippen molar-refractivity contribution in [1.29, 1.82) is 0 Å². The lowest BCUT2D eigenvalue weighted by atomic mass is 10.0. The lowest BCUT2D eigenvalue weighted by Gasteiger charge is -2.17. The van der Waals surface area contributed by atoms with E-state index in [-0.39, 0.29) is 6.61 Å². The third kappa shape index (κ3) is 2.55. The predicted octanol–water partition coefficient (Wildman–Crippen LogP) is 2.43. The van der Waals surface area contributed by atoms with Crippen LogP contribution in [0.15, 0.2) is 6.07 Å². The molecule has 0 radical (unpaired) electrons. The van der Waals surface area contributed by atoms with Crippen LogP contribution < -0.4 is 4.74 Å². The maximum Gasteiger partial charge on any atom is 0.339 e. The molecule has 1 aromatic carbocycles. The highest BCUT2D eigenvalue weighted by atomic mass is 35.5. The van der Waals surface area contributed by atoms with Gasteiger partial charge in [0.15, 0.2) is 6.10 Å². The highest BCUT2D eigenvalue weighted by Gasteiger charge is 2.28. The lowest BCUT2D eigenvalue weighted by Crippen LogP contribution is -2.16. The Morgan fingerprint density at radius 2 is 2.26 bits per heavy atom. The molecule has 0 spiro atoms. The van der Waals surface area contributed by atoms with E-state index in [1.807, 2.05) is 0 Å². The highest BCUT2D eigenvalue weighted by molar-refractivity contribution is 6.33. The summed E-state index contributed by atoms with van der Waals surface area (Å²) in [5, 5.41) is 10.6. The van der Waals surface area contributed by atoms with E-state index in [9.17, 15) is 9.90 Å². The van der Waals surface area contributed by atoms with Gasteiger partial charge in [-0.05, 0) is 43.4 Å². The van der Waals surface area contributed by atoms with Crippen LogP contribution in [0.2, 0.25) is 5.02 Å². The quantitative estimate of drug-likeness (QED) is 0.863. The highest BCUT2D eigenvalue weighted by Crippen LogP contribution is 2.41. The number of fused-ring (bicyclic) bond motifs is 1. The van der Waals surface area contributed by atoms with Gasteiger partial charge in [-0.25, -0.2) is 4.79 Å². The summed E-state index contributed by atoms with van der Waals surface area (Å²) < 4.78 is 10.1. The molecule has 0 fully saturated rings. The number of ether oxygens (including phenoxy) is 2. The minimum absolute atomic E-state index is 0.219. The Labute approximate surface area is 117 Å². The molecule has 1 aliphatic carbocycles. The molecule has 0 saturated heterocycles. The summed E-state index contributed by atoms with van der Waals surface area (Å²) in [6, 6.07) is 1.80. The monoisotopic (exact) mass is 284 g/mol. The van der Waals surface area contributed by atoms with Crippen LogP contribution in [0.4, 0.5) is 0 Å². The first-order valence-electron chi connectivity index (χ1n) is 6.33. The third-order valence-electron chi connectivity index (χ3n) is 3.33. The maximum absolute atomic E-state index is 11.7. The molecule has 19 heavy (non-hydrogen) atoms. The topological polar surface area (TPSA) is 55.8 Å². The number of methoxy groups -OCH3 is 1. The van der Waals surface area contributed by atoms with Crippen molar-refractivity contribution in [2.75, 3.05) is 13.7 Å². The molecule has 0 aromatic heterocycles. The summed E-state index contributed by atoms with van der Waals surface area (Å²) in [6.07, 6.45) is 1.47. The van der Waals surface area contributed by atoms with Crippen LogP contribution in [0.3, 0.4) is 0 Å². The van der Waals surface area contributed by atoms with Crippen LogP contribution in [0, 0.1) is 0 Å². The first kappa shape index (κ1) is 14.2. The van der Waals surface area contributed by atoms with Gasteiger partial charge in [0.05, 0.1) is 18.7 Å². The number of carbonyl (C=O) groups excluding carboxylic acids is 1. The van der Waals surface area contributed by atoms with Crippen LogP contribution >= 0.6 is 11.6 Å². The smallest absolute Gasteiger partial charge is 0.339 e. The fourth-order valence-electron chi connectivity index (χ4n) is 2.45. The second-order valence-electron chi connectivity index (χ2n) is 4.46. The second kappa shape index (κ2) is 5.80. The van der Waals surface area contributed by atoms with E-state index in [1.54, 1.807) is 13.0 Å². The normalized spacial score (nSPS) is 14.9. The van der Waals surface area contributed by atoms with E-state index in [4.69, 9.17) is 21.1 Å². The molecular formula is C14H17ClO4. The summed E-state index contributed by atoms with van der Waals surface area (Å²) in [4.78, 5) is 11.7. The maximum atomic E-state index is 11.7. The number of aryl methyl sites for hydroxylation is 1. The Kier molecular flexibility index (Phi) is 4.32. The Morgan fingerprint density at radius 3 is 2.89 bits per heavy atom. The molecule has 5 heteroatoms. The van der Waals surface area contributed by atoms with E-state index in [0.717, 1.165) is 30.4 Å². The molecule has 1 atom stereocenters. The molecule has 1 N–H and O–H groups in total. The summed E-state index contributed by atoms with van der Waals surface area (Å²) >= 11 is 6.30. The summed E-state index contributed by atoms with van der Waals surface area (Å²) in [5.74, 6) is -0.322. The molecular weight excluding hydrogens is 268 g/mol. The van der Waals surface area contributed by atoms with Gasteiger partial charge in [-0.3, -0.25) is 0 Å². The lowest BCUT2D eigenvalue weighted by molar-refractivity contribution is -0.153. The van der Waals surface area contributed by atoms with Crippen molar-refractivity contribution in [3.63, 3.8) is 0 Å². The molecule has 1 unspecified atom stereocenters. The second-order valence-corrected chi connectivity index (χ2v) is 4.84. The van der Waals surface area contributed by atoms with Gasteiger partial charge >= 0.3 is 5.97 Å². The molecule has 0 bridgehead atoms. The fraction of sp³-hybridized carbons (Fsp3) is 0.500. The summed E-state index contributed by atoms with van der Waals surface area (Å²) in [6.45, 7) is 1.91. The Hall–Kier alpha value is -1.26. The van der Waals surface area contributed by atoms with Crippen LogP contribution in [0.1, 0.15) is 36.1 Å². The zero-order valence-electron chi connectivity index (χ0n) is 11.0. The van der Waals surface area contributed by atoms with Crippen molar-refractivity contribution in [2.24, 2.45) is 0 Å². The van der Waals surface area contributed by atoms with Crippen LogP contribution in [0.5, 0.6) is 5.75 Å². The number of aliphatic hydroxyl groups is 1. The van der Waals surface area contributed by atoms with Gasteiger partial charge in [0.25, 0.3) is 0 Å². The molecule has 1 aromatic rings. The van der Waals surface area contributed by atoms with Crippen molar-refractivity contribution in [3.8, 4) is 5.75 Å². The first-order chi connectivity index (χ1) is 9.10. The molecule has 0 amide bonds. The Balaban J connectivity index is 2.45. The van der Waals surface area contributed by atoms with Crippen molar-refractivity contribution in [1.82, 2.24) is 0 Å². The minimum Gasteiger partial charge on any atom is -0.495 e. The van der Waals surface area contributed by atoms with Crippen molar-refractivity contribution in [2.45, 2.75) is 32.3 Å². The van der Waals surface area contributed by atoms with Crippen molar-refractivity contribution >= 4 is 17.6 Å². The Morgan fingerprint density at radius 1 is 1.53 bits per heavy atom. The van der Waals surface area contributed by atoms with E-state index in [2.05, 4.69) is 0 Å². The molecule has 1 aliphatic rings. The molecule has 2 rings (SSSR count). The number of esters is 1. The number of hydrogen-bond acceptors (Lipinski definition) is 4. The Bertz CT molecular complexity index is 499. The van der Waals surface area contributed by atoms with Gasteiger partial charge in [-0.15, -0.1) is 0 Å². The number of carbonyl (C=O) groups is 1. The standard InChI is InChI=1S/C14H17ClO4/c1-3-19-14(17)12(16)10-7-8-5-4-6-9(8)11(15)13(10)18-2/h7,12,16H,3-6H2,1-2H3. The zero-order valence-corrected chi connectivity index (χ0v) is 11.8. The molecule has 0 saturated carbocycles.